The SMILES string of the molecule is CC1(C)Cc2cccc(OC3CC(Cl)C3)c2O1. The van der Waals surface area contributed by atoms with Crippen molar-refractivity contribution < 1.29 is 9.47 Å². The van der Waals surface area contributed by atoms with Gasteiger partial charge in [0.25, 0.3) is 0 Å². The van der Waals surface area contributed by atoms with Gasteiger partial charge in [-0.15, -0.1) is 11.6 Å². The largest absolute Gasteiger partial charge is 0.486 e. The maximum absolute atomic E-state index is 5.96. The highest BCUT2D eigenvalue weighted by atomic mass is 35.5. The molecule has 0 aromatic heterocycles. The van der Waals surface area contributed by atoms with Crippen molar-refractivity contribution in [1.82, 2.24) is 0 Å². The van der Waals surface area contributed by atoms with E-state index in [2.05, 4.69) is 19.9 Å². The molecule has 1 aliphatic heterocycles. The van der Waals surface area contributed by atoms with Crippen LogP contribution >= 0.6 is 11.6 Å². The Morgan fingerprint density at radius 2 is 2.12 bits per heavy atom. The summed E-state index contributed by atoms with van der Waals surface area (Å²) in [5, 5.41) is 0.286. The van der Waals surface area contributed by atoms with Crippen LogP contribution in [0.2, 0.25) is 0 Å². The van der Waals surface area contributed by atoms with Crippen LogP contribution in [0.15, 0.2) is 18.2 Å². The van der Waals surface area contributed by atoms with Crippen LogP contribution < -0.4 is 9.47 Å². The molecule has 3 rings (SSSR count). The smallest absolute Gasteiger partial charge is 0.165 e. The summed E-state index contributed by atoms with van der Waals surface area (Å²) in [7, 11) is 0. The molecule has 2 aliphatic rings. The van der Waals surface area contributed by atoms with Gasteiger partial charge in [-0.3, -0.25) is 0 Å². The molecule has 1 aromatic carbocycles. The zero-order valence-corrected chi connectivity index (χ0v) is 11.0. The van der Waals surface area contributed by atoms with Gasteiger partial charge in [0.15, 0.2) is 11.5 Å². The number of halogens is 1. The number of hydrogen-bond donors (Lipinski definition) is 0. The summed E-state index contributed by atoms with van der Waals surface area (Å²) < 4.78 is 11.9. The van der Waals surface area contributed by atoms with Crippen LogP contribution in [0.5, 0.6) is 11.5 Å². The van der Waals surface area contributed by atoms with Crippen LogP contribution in [0.25, 0.3) is 0 Å². The first kappa shape index (κ1) is 11.2. The summed E-state index contributed by atoms with van der Waals surface area (Å²) in [6, 6.07) is 6.14. The third-order valence-corrected chi connectivity index (χ3v) is 3.74. The summed E-state index contributed by atoms with van der Waals surface area (Å²) in [4.78, 5) is 0. The Labute approximate surface area is 107 Å². The van der Waals surface area contributed by atoms with Gasteiger partial charge in [-0.25, -0.2) is 0 Å². The number of rotatable bonds is 2. The Bertz CT molecular complexity index is 436. The minimum Gasteiger partial charge on any atom is -0.486 e. The Morgan fingerprint density at radius 1 is 1.35 bits per heavy atom. The van der Waals surface area contributed by atoms with Gasteiger partial charge < -0.3 is 9.47 Å². The molecule has 17 heavy (non-hydrogen) atoms. The monoisotopic (exact) mass is 252 g/mol. The second kappa shape index (κ2) is 3.81. The van der Waals surface area contributed by atoms with E-state index in [9.17, 15) is 0 Å². The topological polar surface area (TPSA) is 18.5 Å². The van der Waals surface area contributed by atoms with Crippen molar-refractivity contribution in [2.75, 3.05) is 0 Å². The van der Waals surface area contributed by atoms with E-state index in [1.165, 1.54) is 5.56 Å². The number of alkyl halides is 1. The van der Waals surface area contributed by atoms with E-state index >= 15 is 0 Å². The number of benzene rings is 1. The molecule has 0 N–H and O–H groups in total. The molecule has 1 fully saturated rings. The van der Waals surface area contributed by atoms with Gasteiger partial charge in [-0.2, -0.15) is 0 Å². The summed E-state index contributed by atoms with van der Waals surface area (Å²) in [5.41, 5.74) is 1.13. The molecule has 0 amide bonds. The number of fused-ring (bicyclic) bond motifs is 1. The molecule has 0 atom stereocenters. The van der Waals surface area contributed by atoms with E-state index < -0.39 is 0 Å². The molecule has 0 bridgehead atoms. The third kappa shape index (κ3) is 2.11. The lowest BCUT2D eigenvalue weighted by atomic mass is 9.95. The van der Waals surface area contributed by atoms with Crippen LogP contribution in [0.3, 0.4) is 0 Å². The lowest BCUT2D eigenvalue weighted by Crippen LogP contribution is -2.34. The first-order valence-electron chi connectivity index (χ1n) is 6.15. The molecule has 1 saturated carbocycles. The first-order chi connectivity index (χ1) is 8.03. The fourth-order valence-corrected chi connectivity index (χ4v) is 2.85. The van der Waals surface area contributed by atoms with Gasteiger partial charge >= 0.3 is 0 Å². The van der Waals surface area contributed by atoms with Crippen LogP contribution in [0, 0.1) is 0 Å². The predicted octanol–water partition coefficient (Wildman–Crippen LogP) is 3.55. The number of hydrogen-bond acceptors (Lipinski definition) is 2. The molecule has 0 unspecified atom stereocenters. The molecule has 92 valence electrons. The summed E-state index contributed by atoms with van der Waals surface area (Å²) in [6.45, 7) is 4.21. The molecule has 2 nitrogen and oxygen atoms in total. The maximum atomic E-state index is 5.96. The van der Waals surface area contributed by atoms with Crippen molar-refractivity contribution >= 4 is 11.6 Å². The van der Waals surface area contributed by atoms with E-state index in [-0.39, 0.29) is 17.1 Å². The van der Waals surface area contributed by atoms with Gasteiger partial charge in [0.05, 0.1) is 0 Å². The average Bonchev–Trinajstić information content (AvgIpc) is 2.51. The van der Waals surface area contributed by atoms with E-state index in [0.717, 1.165) is 30.8 Å². The number of para-hydroxylation sites is 1. The molecular weight excluding hydrogens is 236 g/mol. The Hall–Kier alpha value is -0.890. The van der Waals surface area contributed by atoms with Crippen LogP contribution in [-0.2, 0) is 6.42 Å². The molecule has 0 radical (unpaired) electrons. The highest BCUT2D eigenvalue weighted by Gasteiger charge is 2.34. The highest BCUT2D eigenvalue weighted by molar-refractivity contribution is 6.21. The lowest BCUT2D eigenvalue weighted by molar-refractivity contribution is 0.101. The zero-order valence-electron chi connectivity index (χ0n) is 10.2. The summed E-state index contributed by atoms with van der Waals surface area (Å²) in [6.07, 6.45) is 3.09. The van der Waals surface area contributed by atoms with Gasteiger partial charge in [0.1, 0.15) is 11.7 Å². The standard InChI is InChI=1S/C14H17ClO2/c1-14(2)8-9-4-3-5-12(13(9)17-14)16-11-6-10(15)7-11/h3-5,10-11H,6-8H2,1-2H3. The predicted molar refractivity (Wildman–Crippen MR) is 68.1 cm³/mol. The van der Waals surface area contributed by atoms with Crippen molar-refractivity contribution in [2.45, 2.75) is 50.2 Å². The van der Waals surface area contributed by atoms with Crippen LogP contribution in [0.4, 0.5) is 0 Å². The second-order valence-electron chi connectivity index (χ2n) is 5.59. The van der Waals surface area contributed by atoms with E-state index in [1.54, 1.807) is 0 Å². The Morgan fingerprint density at radius 3 is 2.82 bits per heavy atom. The molecular formula is C14H17ClO2. The second-order valence-corrected chi connectivity index (χ2v) is 6.21. The van der Waals surface area contributed by atoms with Crippen molar-refractivity contribution in [3.8, 4) is 11.5 Å². The quantitative estimate of drug-likeness (QED) is 0.750. The fraction of sp³-hybridized carbons (Fsp3) is 0.571. The molecule has 1 heterocycles. The van der Waals surface area contributed by atoms with Crippen LogP contribution in [-0.4, -0.2) is 17.1 Å². The average molecular weight is 253 g/mol. The fourth-order valence-electron chi connectivity index (χ4n) is 2.46. The molecule has 0 saturated heterocycles. The number of ether oxygens (including phenoxy) is 2. The normalized spacial score (nSPS) is 29.1. The highest BCUT2D eigenvalue weighted by Crippen LogP contribution is 2.43. The van der Waals surface area contributed by atoms with Crippen molar-refractivity contribution in [2.24, 2.45) is 0 Å². The van der Waals surface area contributed by atoms with Gasteiger partial charge in [-0.05, 0) is 19.9 Å². The van der Waals surface area contributed by atoms with Crippen molar-refractivity contribution in [3.63, 3.8) is 0 Å². The van der Waals surface area contributed by atoms with Gasteiger partial charge in [-0.1, -0.05) is 12.1 Å². The first-order valence-corrected chi connectivity index (χ1v) is 6.59. The summed E-state index contributed by atoms with van der Waals surface area (Å²) >= 11 is 5.96. The maximum Gasteiger partial charge on any atom is 0.165 e. The van der Waals surface area contributed by atoms with Crippen molar-refractivity contribution in [3.05, 3.63) is 23.8 Å². The van der Waals surface area contributed by atoms with E-state index in [0.29, 0.717) is 0 Å². The van der Waals surface area contributed by atoms with Gasteiger partial charge in [0, 0.05) is 30.2 Å². The minimum absolute atomic E-state index is 0.115. The van der Waals surface area contributed by atoms with Gasteiger partial charge in [0.2, 0.25) is 0 Å². The summed E-state index contributed by atoms with van der Waals surface area (Å²) in [5.74, 6) is 1.80. The minimum atomic E-state index is -0.115. The van der Waals surface area contributed by atoms with E-state index in [4.69, 9.17) is 21.1 Å². The van der Waals surface area contributed by atoms with Crippen LogP contribution in [0.1, 0.15) is 32.3 Å². The third-order valence-electron chi connectivity index (χ3n) is 3.39. The Kier molecular flexibility index (Phi) is 2.51. The van der Waals surface area contributed by atoms with Crippen molar-refractivity contribution in [1.29, 1.82) is 0 Å². The van der Waals surface area contributed by atoms with E-state index in [1.807, 2.05) is 12.1 Å². The lowest BCUT2D eigenvalue weighted by Gasteiger charge is -2.31. The Balaban J connectivity index is 1.80. The molecule has 1 aliphatic carbocycles. The molecule has 1 aromatic rings. The molecule has 0 spiro atoms. The zero-order chi connectivity index (χ0) is 12.0. The molecule has 3 heteroatoms.